The molecular weight excluding hydrogens is 372 g/mol. The Balaban J connectivity index is 1.46. The van der Waals surface area contributed by atoms with E-state index >= 15 is 0 Å². The Kier molecular flexibility index (Phi) is 6.85. The van der Waals surface area contributed by atoms with Crippen LogP contribution >= 0.6 is 0 Å². The molecule has 0 spiro atoms. The van der Waals surface area contributed by atoms with E-state index in [1.165, 1.54) is 5.57 Å². The van der Waals surface area contributed by atoms with Crippen molar-refractivity contribution >= 4 is 0 Å². The number of benzene rings is 3. The second-order valence-corrected chi connectivity index (χ2v) is 7.24. The van der Waals surface area contributed by atoms with Gasteiger partial charge in [0, 0.05) is 18.2 Å². The van der Waals surface area contributed by atoms with Crippen LogP contribution in [0.5, 0.6) is 17.2 Å². The molecule has 0 unspecified atom stereocenters. The maximum Gasteiger partial charge on any atom is 0.127 e. The molecule has 0 atom stereocenters. The Morgan fingerprint density at radius 1 is 0.567 bits per heavy atom. The first-order valence-electron chi connectivity index (χ1n) is 10.3. The first-order valence-corrected chi connectivity index (χ1v) is 10.3. The fourth-order valence-corrected chi connectivity index (χ4v) is 3.22. The van der Waals surface area contributed by atoms with Gasteiger partial charge in [-0.05, 0) is 29.5 Å². The summed E-state index contributed by atoms with van der Waals surface area (Å²) in [4.78, 5) is 0. The molecule has 0 saturated heterocycles. The predicted octanol–water partition coefficient (Wildman–Crippen LogP) is 6.50. The Morgan fingerprint density at radius 2 is 1.07 bits per heavy atom. The minimum atomic E-state index is 0.496. The highest BCUT2D eigenvalue weighted by atomic mass is 16.5. The Morgan fingerprint density at radius 3 is 1.53 bits per heavy atom. The summed E-state index contributed by atoms with van der Waals surface area (Å²) in [6.07, 6.45) is 8.71. The topological polar surface area (TPSA) is 27.7 Å². The monoisotopic (exact) mass is 398 g/mol. The lowest BCUT2D eigenvalue weighted by molar-refractivity contribution is 0.283. The van der Waals surface area contributed by atoms with Crippen LogP contribution < -0.4 is 14.2 Å². The average molecular weight is 399 g/mol. The predicted molar refractivity (Wildman–Crippen MR) is 120 cm³/mol. The molecule has 3 heteroatoms. The maximum absolute atomic E-state index is 6.05. The van der Waals surface area contributed by atoms with Gasteiger partial charge in [0.2, 0.25) is 0 Å². The lowest BCUT2D eigenvalue weighted by Gasteiger charge is -2.14. The van der Waals surface area contributed by atoms with Gasteiger partial charge < -0.3 is 14.2 Å². The molecule has 3 aromatic carbocycles. The molecule has 0 aromatic heterocycles. The molecule has 4 rings (SSSR count). The van der Waals surface area contributed by atoms with Gasteiger partial charge in [-0.25, -0.2) is 0 Å². The molecule has 0 saturated carbocycles. The average Bonchev–Trinajstić information content (AvgIpc) is 2.82. The number of rotatable bonds is 9. The first kappa shape index (κ1) is 19.8. The molecule has 0 radical (unpaired) electrons. The second kappa shape index (κ2) is 10.4. The minimum Gasteiger partial charge on any atom is -0.489 e. The van der Waals surface area contributed by atoms with E-state index in [2.05, 4.69) is 42.5 Å². The molecule has 152 valence electrons. The van der Waals surface area contributed by atoms with Gasteiger partial charge in [-0.3, -0.25) is 0 Å². The van der Waals surface area contributed by atoms with Crippen LogP contribution in [0.25, 0.3) is 0 Å². The standard InChI is InChI=1S/C27H26O3/c1-4-10-22(11-5-1)19-28-25-16-26(29-20-23-12-6-2-7-13-23)18-27(17-25)30-21-24-14-8-3-9-15-24/h1-2,4-8,10-18H,3,9,19-21H2. The zero-order chi connectivity index (χ0) is 20.4. The van der Waals surface area contributed by atoms with Gasteiger partial charge in [-0.2, -0.15) is 0 Å². The second-order valence-electron chi connectivity index (χ2n) is 7.24. The summed E-state index contributed by atoms with van der Waals surface area (Å²) >= 11 is 0. The minimum absolute atomic E-state index is 0.496. The van der Waals surface area contributed by atoms with Crippen LogP contribution in [0.2, 0.25) is 0 Å². The largest absolute Gasteiger partial charge is 0.489 e. The highest BCUT2D eigenvalue weighted by Crippen LogP contribution is 2.29. The molecule has 0 N–H and O–H groups in total. The van der Waals surface area contributed by atoms with E-state index in [0.29, 0.717) is 19.8 Å². The number of ether oxygens (including phenoxy) is 3. The summed E-state index contributed by atoms with van der Waals surface area (Å²) in [5.74, 6) is 2.20. The quantitative estimate of drug-likeness (QED) is 0.412. The fraction of sp³-hybridized carbons (Fsp3) is 0.185. The number of hydrogen-bond acceptors (Lipinski definition) is 3. The fourth-order valence-electron chi connectivity index (χ4n) is 3.22. The van der Waals surface area contributed by atoms with Gasteiger partial charge in [0.15, 0.2) is 0 Å². The summed E-state index contributed by atoms with van der Waals surface area (Å²) in [5.41, 5.74) is 3.43. The molecule has 1 aliphatic carbocycles. The SMILES string of the molecule is C1=CC(COc2cc(OCc3ccccc3)cc(OCc3ccccc3)c2)=CCC1. The van der Waals surface area contributed by atoms with E-state index in [-0.39, 0.29) is 0 Å². The van der Waals surface area contributed by atoms with Crippen LogP contribution in [0.3, 0.4) is 0 Å². The van der Waals surface area contributed by atoms with E-state index < -0.39 is 0 Å². The maximum atomic E-state index is 6.05. The number of allylic oxidation sites excluding steroid dienone is 2. The molecule has 0 heterocycles. The molecule has 1 aliphatic rings. The van der Waals surface area contributed by atoms with Crippen molar-refractivity contribution in [2.45, 2.75) is 26.1 Å². The van der Waals surface area contributed by atoms with Gasteiger partial charge >= 0.3 is 0 Å². The third-order valence-electron chi connectivity index (χ3n) is 4.83. The van der Waals surface area contributed by atoms with Crippen molar-refractivity contribution in [3.8, 4) is 17.2 Å². The van der Waals surface area contributed by atoms with E-state index in [9.17, 15) is 0 Å². The van der Waals surface area contributed by atoms with E-state index in [4.69, 9.17) is 14.2 Å². The van der Waals surface area contributed by atoms with Crippen molar-refractivity contribution in [2.24, 2.45) is 0 Å². The van der Waals surface area contributed by atoms with Crippen LogP contribution in [-0.2, 0) is 13.2 Å². The Labute approximate surface area is 178 Å². The van der Waals surface area contributed by atoms with Crippen LogP contribution in [0.4, 0.5) is 0 Å². The molecule has 30 heavy (non-hydrogen) atoms. The van der Waals surface area contributed by atoms with Gasteiger partial charge in [0.25, 0.3) is 0 Å². The molecule has 0 bridgehead atoms. The summed E-state index contributed by atoms with van der Waals surface area (Å²) in [5, 5.41) is 0. The van der Waals surface area contributed by atoms with Crippen LogP contribution in [-0.4, -0.2) is 6.61 Å². The molecule has 0 aliphatic heterocycles. The normalized spacial score (nSPS) is 12.9. The molecule has 3 nitrogen and oxygen atoms in total. The molecule has 0 fully saturated rings. The Bertz CT molecular complexity index is 929. The zero-order valence-corrected chi connectivity index (χ0v) is 17.0. The van der Waals surface area contributed by atoms with Crippen molar-refractivity contribution in [1.29, 1.82) is 0 Å². The van der Waals surface area contributed by atoms with E-state index in [1.807, 2.05) is 54.6 Å². The van der Waals surface area contributed by atoms with Crippen molar-refractivity contribution in [1.82, 2.24) is 0 Å². The van der Waals surface area contributed by atoms with Gasteiger partial charge in [0.05, 0.1) is 0 Å². The van der Waals surface area contributed by atoms with Gasteiger partial charge in [-0.15, -0.1) is 0 Å². The van der Waals surface area contributed by atoms with Crippen molar-refractivity contribution in [3.05, 3.63) is 114 Å². The molecule has 3 aromatic rings. The third kappa shape index (κ3) is 6.02. The van der Waals surface area contributed by atoms with Gasteiger partial charge in [-0.1, -0.05) is 78.9 Å². The summed E-state index contributed by atoms with van der Waals surface area (Å²) in [6.45, 7) is 1.53. The summed E-state index contributed by atoms with van der Waals surface area (Å²) < 4.78 is 18.1. The van der Waals surface area contributed by atoms with Crippen LogP contribution in [0.1, 0.15) is 24.0 Å². The zero-order valence-electron chi connectivity index (χ0n) is 17.0. The first-order chi connectivity index (χ1) is 14.8. The van der Waals surface area contributed by atoms with E-state index in [0.717, 1.165) is 41.2 Å². The van der Waals surface area contributed by atoms with Crippen molar-refractivity contribution in [3.63, 3.8) is 0 Å². The number of hydrogen-bond donors (Lipinski definition) is 0. The van der Waals surface area contributed by atoms with Crippen molar-refractivity contribution in [2.75, 3.05) is 6.61 Å². The van der Waals surface area contributed by atoms with E-state index in [1.54, 1.807) is 0 Å². The van der Waals surface area contributed by atoms with Crippen LogP contribution in [0.15, 0.2) is 103 Å². The van der Waals surface area contributed by atoms with Crippen LogP contribution in [0, 0.1) is 0 Å². The van der Waals surface area contributed by atoms with Crippen molar-refractivity contribution < 1.29 is 14.2 Å². The lowest BCUT2D eigenvalue weighted by Crippen LogP contribution is -2.03. The highest BCUT2D eigenvalue weighted by Gasteiger charge is 2.07. The van der Waals surface area contributed by atoms with Gasteiger partial charge in [0.1, 0.15) is 37.1 Å². The summed E-state index contributed by atoms with van der Waals surface area (Å²) in [6, 6.07) is 26.0. The lowest BCUT2D eigenvalue weighted by atomic mass is 10.1. The highest BCUT2D eigenvalue weighted by molar-refractivity contribution is 5.42. The smallest absolute Gasteiger partial charge is 0.127 e. The molecule has 0 amide bonds. The molecular formula is C27H26O3. The Hall–Kier alpha value is -3.46. The summed E-state index contributed by atoms with van der Waals surface area (Å²) in [7, 11) is 0. The third-order valence-corrected chi connectivity index (χ3v) is 4.83.